The Labute approximate surface area is 372 Å². The molecule has 0 amide bonds. The number of hydrogen-bond acceptors (Lipinski definition) is 4. The molecule has 0 N–H and O–H groups in total. The Kier molecular flexibility index (Phi) is 8.56. The van der Waals surface area contributed by atoms with E-state index in [2.05, 4.69) is 0 Å². The molecule has 2 aromatic heterocycles. The van der Waals surface area contributed by atoms with Crippen LogP contribution in [0.15, 0.2) is 179 Å². The lowest BCUT2D eigenvalue weighted by Crippen LogP contribution is -2.13. The van der Waals surface area contributed by atoms with Crippen molar-refractivity contribution in [3.63, 3.8) is 0 Å². The molecule has 0 fully saturated rings. The second kappa shape index (κ2) is 14.3. The van der Waals surface area contributed by atoms with E-state index >= 15 is 0 Å². The van der Waals surface area contributed by atoms with Crippen molar-refractivity contribution in [3.8, 4) is 0 Å². The predicted molar refractivity (Wildman–Crippen MR) is 254 cm³/mol. The fourth-order valence-electron chi connectivity index (χ4n) is 9.82. The largest absolute Gasteiger partial charge is 0.454 e. The first-order valence-electron chi connectivity index (χ1n) is 21.3. The van der Waals surface area contributed by atoms with Crippen LogP contribution < -0.4 is 9.80 Å². The summed E-state index contributed by atoms with van der Waals surface area (Å²) in [4.78, 5) is 3.90. The Morgan fingerprint density at radius 3 is 1.06 bits per heavy atom. The number of alkyl halides is 6. The predicted octanol–water partition coefficient (Wildman–Crippen LogP) is 18.0. The van der Waals surface area contributed by atoms with Gasteiger partial charge in [0.1, 0.15) is 11.2 Å². The highest BCUT2D eigenvalue weighted by molar-refractivity contribution is 6.28. The standard InChI is InChI=1S/C56H34F6N2O2/c1-31-7-3-9-39-41-11-5-13-47(53(41)65-51(31)39)63(37-23-19-35(20-24-37)55(57,58)59)45-29-17-33-16-28-44-46(30-18-34-15-27-43(45)49(33)50(34)44)64(38-25-21-36(22-26-38)56(60,61)62)48-14-6-12-42-40-10-4-8-32(2)52(40)66-54(42)48/h3-30H,1-2H3. The summed E-state index contributed by atoms with van der Waals surface area (Å²) >= 11 is 0. The Morgan fingerprint density at radius 1 is 0.333 bits per heavy atom. The lowest BCUT2D eigenvalue weighted by molar-refractivity contribution is -0.138. The van der Waals surface area contributed by atoms with Crippen molar-refractivity contribution in [1.82, 2.24) is 0 Å². The lowest BCUT2D eigenvalue weighted by atomic mass is 9.91. The molecule has 0 bridgehead atoms. The van der Waals surface area contributed by atoms with Crippen LogP contribution in [0.2, 0.25) is 0 Å². The number of benzene rings is 10. The molecule has 66 heavy (non-hydrogen) atoms. The lowest BCUT2D eigenvalue weighted by Gasteiger charge is -2.29. The van der Waals surface area contributed by atoms with E-state index in [1.54, 1.807) is 0 Å². The summed E-state index contributed by atoms with van der Waals surface area (Å²) in [5.41, 5.74) is 6.64. The van der Waals surface area contributed by atoms with E-state index in [0.29, 0.717) is 45.3 Å². The molecule has 0 aliphatic carbocycles. The molecular weight excluding hydrogens is 847 g/mol. The van der Waals surface area contributed by atoms with Gasteiger partial charge in [0.2, 0.25) is 0 Å². The van der Waals surface area contributed by atoms with Gasteiger partial charge in [-0.25, -0.2) is 0 Å². The van der Waals surface area contributed by atoms with Crippen molar-refractivity contribution in [2.75, 3.05) is 9.80 Å². The zero-order valence-electron chi connectivity index (χ0n) is 35.1. The van der Waals surface area contributed by atoms with Crippen LogP contribution in [0.1, 0.15) is 22.3 Å². The van der Waals surface area contributed by atoms with Gasteiger partial charge in [0.05, 0.1) is 33.9 Å². The topological polar surface area (TPSA) is 32.8 Å². The molecule has 0 aliphatic rings. The fraction of sp³-hybridized carbons (Fsp3) is 0.0714. The van der Waals surface area contributed by atoms with Crippen molar-refractivity contribution in [1.29, 1.82) is 0 Å². The van der Waals surface area contributed by atoms with Crippen molar-refractivity contribution >= 4 is 110 Å². The summed E-state index contributed by atoms with van der Waals surface area (Å²) in [7, 11) is 0. The number of para-hydroxylation sites is 4. The van der Waals surface area contributed by atoms with E-state index in [1.807, 2.05) is 145 Å². The van der Waals surface area contributed by atoms with Crippen molar-refractivity contribution in [2.24, 2.45) is 0 Å². The Bertz CT molecular complexity index is 3630. The van der Waals surface area contributed by atoms with Crippen LogP contribution >= 0.6 is 0 Å². The molecule has 0 saturated carbocycles. The smallest absolute Gasteiger partial charge is 0.416 e. The molecule has 2 heterocycles. The summed E-state index contributed by atoms with van der Waals surface area (Å²) in [6, 6.07) is 49.9. The van der Waals surface area contributed by atoms with Crippen molar-refractivity contribution in [3.05, 3.63) is 192 Å². The van der Waals surface area contributed by atoms with Crippen LogP contribution in [-0.2, 0) is 12.4 Å². The zero-order valence-corrected chi connectivity index (χ0v) is 35.1. The van der Waals surface area contributed by atoms with Crippen LogP contribution in [0.5, 0.6) is 0 Å². The van der Waals surface area contributed by atoms with E-state index < -0.39 is 23.5 Å². The van der Waals surface area contributed by atoms with Gasteiger partial charge in [-0.1, -0.05) is 97.1 Å². The first-order valence-corrected chi connectivity index (χ1v) is 21.3. The molecule has 0 aliphatic heterocycles. The average Bonchev–Trinajstić information content (AvgIpc) is 3.90. The number of anilines is 6. The summed E-state index contributed by atoms with van der Waals surface area (Å²) in [6.07, 6.45) is -9.07. The highest BCUT2D eigenvalue weighted by atomic mass is 19.4. The first-order chi connectivity index (χ1) is 31.8. The van der Waals surface area contributed by atoms with Crippen LogP contribution in [0.25, 0.3) is 76.2 Å². The van der Waals surface area contributed by atoms with Gasteiger partial charge in [-0.05, 0) is 119 Å². The minimum Gasteiger partial charge on any atom is -0.454 e. The Morgan fingerprint density at radius 2 is 0.682 bits per heavy atom. The van der Waals surface area contributed by atoms with Gasteiger partial charge in [0.15, 0.2) is 11.2 Å². The fourth-order valence-corrected chi connectivity index (χ4v) is 9.82. The molecule has 0 unspecified atom stereocenters. The minimum atomic E-state index is -4.53. The molecular formula is C56H34F6N2O2. The number of hydrogen-bond donors (Lipinski definition) is 0. The molecule has 4 nitrogen and oxygen atoms in total. The maximum absolute atomic E-state index is 14.0. The number of aryl methyl sites for hydroxylation is 2. The highest BCUT2D eigenvalue weighted by Gasteiger charge is 2.33. The van der Waals surface area contributed by atoms with Gasteiger partial charge < -0.3 is 18.6 Å². The summed E-state index contributed by atoms with van der Waals surface area (Å²) in [5, 5.41) is 8.87. The van der Waals surface area contributed by atoms with Crippen LogP contribution in [0, 0.1) is 13.8 Å². The van der Waals surface area contributed by atoms with Gasteiger partial charge >= 0.3 is 12.4 Å². The molecule has 12 rings (SSSR count). The number of halogens is 6. The SMILES string of the molecule is Cc1cccc2c1oc1c(N(c3ccc(C(F)(F)F)cc3)c3ccc4ccc5c(N(c6ccc(C(F)(F)F)cc6)c6cccc7c6oc6c(C)cccc67)ccc6ccc3c4c65)cccc12. The number of furan rings is 2. The quantitative estimate of drug-likeness (QED) is 0.123. The average molecular weight is 881 g/mol. The molecule has 10 aromatic carbocycles. The van der Waals surface area contributed by atoms with Gasteiger partial charge in [-0.3, -0.25) is 0 Å². The summed E-state index contributed by atoms with van der Waals surface area (Å²) in [5.74, 6) is 0. The molecule has 0 spiro atoms. The van der Waals surface area contributed by atoms with Gasteiger partial charge in [-0.15, -0.1) is 0 Å². The zero-order chi connectivity index (χ0) is 45.2. The Balaban J connectivity index is 1.12. The second-order valence-electron chi connectivity index (χ2n) is 16.8. The monoisotopic (exact) mass is 880 g/mol. The number of rotatable bonds is 6. The molecule has 12 aromatic rings. The number of nitrogens with zero attached hydrogens (tertiary/aromatic N) is 2. The molecule has 10 heteroatoms. The second-order valence-corrected chi connectivity index (χ2v) is 16.8. The first kappa shape index (κ1) is 39.6. The van der Waals surface area contributed by atoms with E-state index in [0.717, 1.165) is 100 Å². The van der Waals surface area contributed by atoms with Crippen molar-refractivity contribution < 1.29 is 35.2 Å². The van der Waals surface area contributed by atoms with Gasteiger partial charge in [0.25, 0.3) is 0 Å². The number of fused-ring (bicyclic) bond motifs is 6. The van der Waals surface area contributed by atoms with Crippen molar-refractivity contribution in [2.45, 2.75) is 26.2 Å². The van der Waals surface area contributed by atoms with Crippen LogP contribution in [0.4, 0.5) is 60.5 Å². The maximum atomic E-state index is 14.0. The Hall–Kier alpha value is -7.98. The molecule has 322 valence electrons. The minimum absolute atomic E-state index is 0.492. The molecule has 0 radical (unpaired) electrons. The normalized spacial score (nSPS) is 12.5. The third-order valence-corrected chi connectivity index (χ3v) is 12.9. The third-order valence-electron chi connectivity index (χ3n) is 12.9. The van der Waals surface area contributed by atoms with E-state index in [1.165, 1.54) is 24.3 Å². The van der Waals surface area contributed by atoms with Gasteiger partial charge in [0, 0.05) is 43.7 Å². The van der Waals surface area contributed by atoms with E-state index in [4.69, 9.17) is 8.83 Å². The van der Waals surface area contributed by atoms with E-state index in [-0.39, 0.29) is 0 Å². The molecule has 0 atom stereocenters. The highest BCUT2D eigenvalue weighted by Crippen LogP contribution is 2.51. The maximum Gasteiger partial charge on any atom is 0.416 e. The van der Waals surface area contributed by atoms with Crippen LogP contribution in [0.3, 0.4) is 0 Å². The van der Waals surface area contributed by atoms with Gasteiger partial charge in [-0.2, -0.15) is 26.3 Å². The summed E-state index contributed by atoms with van der Waals surface area (Å²) in [6.45, 7) is 3.95. The van der Waals surface area contributed by atoms with Crippen LogP contribution in [-0.4, -0.2) is 0 Å². The summed E-state index contributed by atoms with van der Waals surface area (Å²) < 4.78 is 97.3. The van der Waals surface area contributed by atoms with E-state index in [9.17, 15) is 26.3 Å². The third kappa shape index (κ3) is 6.01. The molecule has 0 saturated heterocycles.